The Bertz CT molecular complexity index is 1220. The highest BCUT2D eigenvalue weighted by Gasteiger charge is 2.31. The number of piperazine rings is 1. The van der Waals surface area contributed by atoms with Crippen molar-refractivity contribution in [1.29, 1.82) is 0 Å². The van der Waals surface area contributed by atoms with Gasteiger partial charge in [-0.1, -0.05) is 41.9 Å². The van der Waals surface area contributed by atoms with Crippen LogP contribution in [0.25, 0.3) is 0 Å². The maximum absolute atomic E-state index is 13.1. The van der Waals surface area contributed by atoms with Crippen molar-refractivity contribution >= 4 is 34.8 Å². The zero-order valence-electron chi connectivity index (χ0n) is 20.0. The van der Waals surface area contributed by atoms with Gasteiger partial charge in [-0.25, -0.2) is 0 Å². The van der Waals surface area contributed by atoms with Crippen LogP contribution >= 0.6 is 22.9 Å². The molecule has 1 aromatic heterocycles. The molecule has 0 N–H and O–H groups in total. The predicted molar refractivity (Wildman–Crippen MR) is 141 cm³/mol. The van der Waals surface area contributed by atoms with Crippen molar-refractivity contribution in [1.82, 2.24) is 14.7 Å². The molecule has 0 spiro atoms. The lowest BCUT2D eigenvalue weighted by Crippen LogP contribution is -2.51. The third kappa shape index (κ3) is 5.15. The molecule has 0 saturated carbocycles. The molecule has 1 atom stereocenters. The average Bonchev–Trinajstić information content (AvgIpc) is 3.36. The Morgan fingerprint density at radius 1 is 0.943 bits per heavy atom. The van der Waals surface area contributed by atoms with Gasteiger partial charge in [-0.15, -0.1) is 11.3 Å². The second kappa shape index (κ2) is 10.5. The SMILES string of the molecule is Cc1ccccc1C1c2ccsc2CCN1CCC(=O)N1CCN(C(=O)c2cccc(Cl)c2)CC1. The fourth-order valence-electron chi connectivity index (χ4n) is 5.23. The summed E-state index contributed by atoms with van der Waals surface area (Å²) in [7, 11) is 0. The second-order valence-electron chi connectivity index (χ2n) is 9.28. The molecule has 2 aliphatic rings. The number of halogens is 1. The van der Waals surface area contributed by atoms with Crippen molar-refractivity contribution in [3.05, 3.63) is 92.1 Å². The number of carbonyl (C=O) groups excluding carboxylic acids is 2. The number of rotatable bonds is 5. The molecule has 3 aromatic rings. The summed E-state index contributed by atoms with van der Waals surface area (Å²) >= 11 is 7.88. The molecule has 0 radical (unpaired) electrons. The maximum Gasteiger partial charge on any atom is 0.254 e. The van der Waals surface area contributed by atoms with Crippen LogP contribution in [0, 0.1) is 6.92 Å². The van der Waals surface area contributed by atoms with E-state index in [4.69, 9.17) is 11.6 Å². The Labute approximate surface area is 215 Å². The molecule has 2 amide bonds. The summed E-state index contributed by atoms with van der Waals surface area (Å²) in [5, 5.41) is 2.75. The number of hydrogen-bond acceptors (Lipinski definition) is 4. The minimum absolute atomic E-state index is 0.0273. The van der Waals surface area contributed by atoms with E-state index < -0.39 is 0 Å². The molecule has 5 rings (SSSR count). The van der Waals surface area contributed by atoms with Gasteiger partial charge in [-0.3, -0.25) is 14.5 Å². The van der Waals surface area contributed by atoms with Crippen molar-refractivity contribution in [3.63, 3.8) is 0 Å². The van der Waals surface area contributed by atoms with Crippen LogP contribution in [-0.4, -0.2) is 65.8 Å². The summed E-state index contributed by atoms with van der Waals surface area (Å²) in [5.41, 5.74) is 4.59. The molecule has 2 aliphatic heterocycles. The number of carbonyl (C=O) groups is 2. The number of fused-ring (bicyclic) bond motifs is 1. The van der Waals surface area contributed by atoms with Gasteiger partial charge in [0, 0.05) is 61.2 Å². The number of benzene rings is 2. The summed E-state index contributed by atoms with van der Waals surface area (Å²) in [6.45, 7) is 6.10. The first-order valence-corrected chi connectivity index (χ1v) is 13.5. The first-order chi connectivity index (χ1) is 17.0. The number of amides is 2. The number of hydrogen-bond donors (Lipinski definition) is 0. The molecule has 5 nitrogen and oxygen atoms in total. The monoisotopic (exact) mass is 507 g/mol. The van der Waals surface area contributed by atoms with E-state index in [-0.39, 0.29) is 17.9 Å². The average molecular weight is 508 g/mol. The Morgan fingerprint density at radius 3 is 2.49 bits per heavy atom. The lowest BCUT2D eigenvalue weighted by atomic mass is 9.90. The lowest BCUT2D eigenvalue weighted by Gasteiger charge is -2.38. The van der Waals surface area contributed by atoms with E-state index in [1.165, 1.54) is 21.6 Å². The fraction of sp³-hybridized carbons (Fsp3) is 0.357. The van der Waals surface area contributed by atoms with E-state index in [1.54, 1.807) is 24.3 Å². The molecule has 35 heavy (non-hydrogen) atoms. The van der Waals surface area contributed by atoms with Gasteiger partial charge in [-0.05, 0) is 59.7 Å². The first kappa shape index (κ1) is 24.0. The molecule has 0 bridgehead atoms. The van der Waals surface area contributed by atoms with Crippen LogP contribution in [0.2, 0.25) is 5.02 Å². The molecule has 1 saturated heterocycles. The van der Waals surface area contributed by atoms with Crippen molar-refractivity contribution in [2.75, 3.05) is 39.3 Å². The molecule has 1 fully saturated rings. The summed E-state index contributed by atoms with van der Waals surface area (Å²) in [5.74, 6) is 0.139. The van der Waals surface area contributed by atoms with Gasteiger partial charge in [0.25, 0.3) is 5.91 Å². The topological polar surface area (TPSA) is 43.9 Å². The van der Waals surface area contributed by atoms with E-state index in [9.17, 15) is 9.59 Å². The van der Waals surface area contributed by atoms with Crippen LogP contribution < -0.4 is 0 Å². The van der Waals surface area contributed by atoms with Crippen molar-refractivity contribution in [3.8, 4) is 0 Å². The quantitative estimate of drug-likeness (QED) is 0.486. The fourth-order valence-corrected chi connectivity index (χ4v) is 6.32. The van der Waals surface area contributed by atoms with Crippen LogP contribution in [0.3, 0.4) is 0 Å². The number of nitrogens with zero attached hydrogens (tertiary/aromatic N) is 3. The molecule has 7 heteroatoms. The highest BCUT2D eigenvalue weighted by molar-refractivity contribution is 7.10. The smallest absolute Gasteiger partial charge is 0.254 e. The summed E-state index contributed by atoms with van der Waals surface area (Å²) in [6.07, 6.45) is 1.53. The third-order valence-electron chi connectivity index (χ3n) is 7.15. The molecule has 3 heterocycles. The predicted octanol–water partition coefficient (Wildman–Crippen LogP) is 5.03. The van der Waals surface area contributed by atoms with Gasteiger partial charge < -0.3 is 9.80 Å². The van der Waals surface area contributed by atoms with E-state index in [2.05, 4.69) is 47.5 Å². The summed E-state index contributed by atoms with van der Waals surface area (Å²) in [6, 6.07) is 18.1. The van der Waals surface area contributed by atoms with Crippen molar-refractivity contribution in [2.24, 2.45) is 0 Å². The highest BCUT2D eigenvalue weighted by atomic mass is 35.5. The molecular formula is C28H30ClN3O2S. The van der Waals surface area contributed by atoms with Crippen LogP contribution in [0.4, 0.5) is 0 Å². The van der Waals surface area contributed by atoms with Gasteiger partial charge in [0.15, 0.2) is 0 Å². The summed E-state index contributed by atoms with van der Waals surface area (Å²) < 4.78 is 0. The van der Waals surface area contributed by atoms with Crippen LogP contribution in [-0.2, 0) is 11.2 Å². The Balaban J connectivity index is 1.20. The van der Waals surface area contributed by atoms with E-state index in [0.29, 0.717) is 43.2 Å². The van der Waals surface area contributed by atoms with Gasteiger partial charge in [-0.2, -0.15) is 0 Å². The van der Waals surface area contributed by atoms with Crippen molar-refractivity contribution in [2.45, 2.75) is 25.8 Å². The highest BCUT2D eigenvalue weighted by Crippen LogP contribution is 2.38. The van der Waals surface area contributed by atoms with E-state index >= 15 is 0 Å². The molecule has 182 valence electrons. The van der Waals surface area contributed by atoms with E-state index in [1.807, 2.05) is 21.1 Å². The second-order valence-corrected chi connectivity index (χ2v) is 10.7. The maximum atomic E-state index is 13.1. The van der Waals surface area contributed by atoms with Crippen molar-refractivity contribution < 1.29 is 9.59 Å². The van der Waals surface area contributed by atoms with Crippen LogP contribution in [0.1, 0.15) is 44.4 Å². The molecule has 0 aliphatic carbocycles. The summed E-state index contributed by atoms with van der Waals surface area (Å²) in [4.78, 5) is 33.6. The zero-order chi connectivity index (χ0) is 24.4. The van der Waals surface area contributed by atoms with Crippen LogP contribution in [0.15, 0.2) is 60.0 Å². The molecule has 2 aromatic carbocycles. The minimum Gasteiger partial charge on any atom is -0.339 e. The van der Waals surface area contributed by atoms with Crippen LogP contribution in [0.5, 0.6) is 0 Å². The van der Waals surface area contributed by atoms with Gasteiger partial charge in [0.1, 0.15) is 0 Å². The molecular weight excluding hydrogens is 478 g/mol. The van der Waals surface area contributed by atoms with Gasteiger partial charge in [0.05, 0.1) is 6.04 Å². The molecule has 1 unspecified atom stereocenters. The van der Waals surface area contributed by atoms with Gasteiger partial charge >= 0.3 is 0 Å². The third-order valence-corrected chi connectivity index (χ3v) is 8.38. The largest absolute Gasteiger partial charge is 0.339 e. The normalized spacial score (nSPS) is 18.4. The van der Waals surface area contributed by atoms with E-state index in [0.717, 1.165) is 19.5 Å². The Morgan fingerprint density at radius 2 is 1.71 bits per heavy atom. The Kier molecular flexibility index (Phi) is 7.23. The first-order valence-electron chi connectivity index (χ1n) is 12.2. The minimum atomic E-state index is -0.0273. The zero-order valence-corrected chi connectivity index (χ0v) is 21.5. The standard InChI is InChI=1S/C28H30ClN3O2S/c1-20-5-2-3-8-23(20)27-24-11-18-35-25(24)9-12-31(27)13-10-26(33)30-14-16-32(17-15-30)28(34)21-6-4-7-22(29)19-21/h2-8,11,18-19,27H,9-10,12-17H2,1H3. The number of thiophene rings is 1. The number of aryl methyl sites for hydroxylation is 1. The van der Waals surface area contributed by atoms with Gasteiger partial charge in [0.2, 0.25) is 5.91 Å². The Hall–Kier alpha value is -2.67. The lowest BCUT2D eigenvalue weighted by molar-refractivity contribution is -0.133.